The first-order valence-corrected chi connectivity index (χ1v) is 10.4. The highest BCUT2D eigenvalue weighted by molar-refractivity contribution is 7.91. The van der Waals surface area contributed by atoms with E-state index in [-0.39, 0.29) is 15.4 Å². The fourth-order valence-corrected chi connectivity index (χ4v) is 4.18. The summed E-state index contributed by atoms with van der Waals surface area (Å²) in [5.74, 6) is -0.256. The lowest BCUT2D eigenvalue weighted by molar-refractivity contribution is -0.123. The van der Waals surface area contributed by atoms with Crippen LogP contribution in [0.5, 0.6) is 0 Å². The molecule has 142 valence electrons. The number of sulfonamides is 1. The molecule has 1 aromatic carbocycles. The molecule has 0 spiro atoms. The molecule has 0 saturated heterocycles. The van der Waals surface area contributed by atoms with E-state index in [1.54, 1.807) is 27.7 Å². The number of carbonyl (C=O) groups excluding carboxylic acids is 1. The molecule has 0 aliphatic carbocycles. The SMILES string of the molecule is Cc1ccc([C@H](C)NS(=O)(=O)c2nnc(NC(=O)C(C)(C)C)s2)cc1C. The van der Waals surface area contributed by atoms with Gasteiger partial charge in [-0.05, 0) is 37.5 Å². The first-order chi connectivity index (χ1) is 11.9. The Morgan fingerprint density at radius 3 is 2.38 bits per heavy atom. The zero-order chi connectivity index (χ0) is 19.7. The van der Waals surface area contributed by atoms with Crippen LogP contribution in [-0.4, -0.2) is 24.5 Å². The minimum atomic E-state index is -3.84. The molecular weight excluding hydrogens is 372 g/mol. The number of hydrogen-bond acceptors (Lipinski definition) is 6. The van der Waals surface area contributed by atoms with Gasteiger partial charge in [0, 0.05) is 11.5 Å². The smallest absolute Gasteiger partial charge is 0.270 e. The van der Waals surface area contributed by atoms with E-state index in [0.29, 0.717) is 0 Å². The molecule has 0 unspecified atom stereocenters. The molecule has 0 aliphatic rings. The van der Waals surface area contributed by atoms with Crippen molar-refractivity contribution in [1.82, 2.24) is 14.9 Å². The largest absolute Gasteiger partial charge is 0.300 e. The highest BCUT2D eigenvalue weighted by atomic mass is 32.2. The van der Waals surface area contributed by atoms with Crippen molar-refractivity contribution in [2.45, 2.75) is 51.9 Å². The Labute approximate surface area is 158 Å². The number of aromatic nitrogens is 2. The Hall–Kier alpha value is -1.84. The second-order valence-electron chi connectivity index (χ2n) is 7.26. The molecule has 1 atom stereocenters. The van der Waals surface area contributed by atoms with Crippen LogP contribution in [0.4, 0.5) is 5.13 Å². The van der Waals surface area contributed by atoms with E-state index in [9.17, 15) is 13.2 Å². The van der Waals surface area contributed by atoms with E-state index in [2.05, 4.69) is 20.2 Å². The summed E-state index contributed by atoms with van der Waals surface area (Å²) in [5.41, 5.74) is 2.49. The molecule has 0 saturated carbocycles. The van der Waals surface area contributed by atoms with Gasteiger partial charge in [0.05, 0.1) is 0 Å². The van der Waals surface area contributed by atoms with Crippen LogP contribution in [0.25, 0.3) is 0 Å². The molecule has 1 heterocycles. The van der Waals surface area contributed by atoms with Crippen LogP contribution in [0, 0.1) is 19.3 Å². The Morgan fingerprint density at radius 1 is 1.15 bits per heavy atom. The van der Waals surface area contributed by atoms with Gasteiger partial charge >= 0.3 is 0 Å². The van der Waals surface area contributed by atoms with Gasteiger partial charge in [-0.3, -0.25) is 4.79 Å². The highest BCUT2D eigenvalue weighted by Gasteiger charge is 2.26. The van der Waals surface area contributed by atoms with Gasteiger partial charge in [-0.15, -0.1) is 10.2 Å². The minimum Gasteiger partial charge on any atom is -0.300 e. The fourth-order valence-electron chi connectivity index (χ4n) is 2.04. The van der Waals surface area contributed by atoms with Crippen LogP contribution >= 0.6 is 11.3 Å². The third-order valence-corrected chi connectivity index (χ3v) is 6.65. The predicted molar refractivity (Wildman–Crippen MR) is 103 cm³/mol. The number of carbonyl (C=O) groups is 1. The van der Waals surface area contributed by atoms with Crippen molar-refractivity contribution in [1.29, 1.82) is 0 Å². The molecule has 1 amide bonds. The highest BCUT2D eigenvalue weighted by Crippen LogP contribution is 2.25. The first-order valence-electron chi connectivity index (χ1n) is 8.14. The third kappa shape index (κ3) is 4.87. The summed E-state index contributed by atoms with van der Waals surface area (Å²) in [5, 5.41) is 10.2. The van der Waals surface area contributed by atoms with E-state index in [0.717, 1.165) is 28.0 Å². The van der Waals surface area contributed by atoms with Gasteiger partial charge in [0.1, 0.15) is 0 Å². The molecule has 7 nitrogen and oxygen atoms in total. The van der Waals surface area contributed by atoms with Crippen LogP contribution in [0.1, 0.15) is 50.4 Å². The number of hydrogen-bond donors (Lipinski definition) is 2. The predicted octanol–water partition coefficient (Wildman–Crippen LogP) is 3.18. The van der Waals surface area contributed by atoms with Gasteiger partial charge in [-0.25, -0.2) is 13.1 Å². The average Bonchev–Trinajstić information content (AvgIpc) is 2.98. The number of amides is 1. The zero-order valence-corrected chi connectivity index (χ0v) is 17.4. The van der Waals surface area contributed by atoms with Crippen LogP contribution in [0.3, 0.4) is 0 Å². The third-order valence-electron chi connectivity index (χ3n) is 3.90. The van der Waals surface area contributed by atoms with Crippen molar-refractivity contribution in [3.8, 4) is 0 Å². The van der Waals surface area contributed by atoms with E-state index < -0.39 is 21.5 Å². The molecular formula is C17H24N4O3S2. The lowest BCUT2D eigenvalue weighted by Crippen LogP contribution is -2.27. The monoisotopic (exact) mass is 396 g/mol. The molecule has 0 radical (unpaired) electrons. The summed E-state index contributed by atoms with van der Waals surface area (Å²) in [7, 11) is -3.84. The van der Waals surface area contributed by atoms with Gasteiger partial charge in [-0.2, -0.15) is 0 Å². The molecule has 2 aromatic rings. The molecule has 0 fully saturated rings. The lowest BCUT2D eigenvalue weighted by Gasteiger charge is -2.15. The average molecular weight is 397 g/mol. The van der Waals surface area contributed by atoms with Crippen molar-refractivity contribution >= 4 is 32.4 Å². The van der Waals surface area contributed by atoms with Gasteiger partial charge in [-0.1, -0.05) is 50.3 Å². The lowest BCUT2D eigenvalue weighted by atomic mass is 9.96. The van der Waals surface area contributed by atoms with Crippen molar-refractivity contribution in [3.05, 3.63) is 34.9 Å². The zero-order valence-electron chi connectivity index (χ0n) is 15.7. The van der Waals surface area contributed by atoms with Crippen LogP contribution in [-0.2, 0) is 14.8 Å². The maximum Gasteiger partial charge on any atom is 0.270 e. The summed E-state index contributed by atoms with van der Waals surface area (Å²) in [6, 6.07) is 5.39. The van der Waals surface area contributed by atoms with Crippen LogP contribution in [0.15, 0.2) is 22.5 Å². The van der Waals surface area contributed by atoms with Crippen LogP contribution in [0.2, 0.25) is 0 Å². The number of aryl methyl sites for hydroxylation is 2. The molecule has 0 aliphatic heterocycles. The Bertz CT molecular complexity index is 914. The van der Waals surface area contributed by atoms with Crippen LogP contribution < -0.4 is 10.0 Å². The number of anilines is 1. The van der Waals surface area contributed by atoms with Crippen molar-refractivity contribution < 1.29 is 13.2 Å². The first kappa shape index (κ1) is 20.5. The molecule has 2 rings (SSSR count). The maximum atomic E-state index is 12.5. The standard InChI is InChI=1S/C17H24N4O3S2/c1-10-7-8-13(9-11(10)2)12(3)21-26(23,24)16-20-19-15(25-16)18-14(22)17(4,5)6/h7-9,12,21H,1-6H3,(H,18,19,22)/t12-/m0/s1. The number of nitrogens with one attached hydrogen (secondary N) is 2. The van der Waals surface area contributed by atoms with Gasteiger partial charge in [0.2, 0.25) is 15.4 Å². The summed E-state index contributed by atoms with van der Waals surface area (Å²) in [6.45, 7) is 11.0. The molecule has 2 N–H and O–H groups in total. The summed E-state index contributed by atoms with van der Waals surface area (Å²) >= 11 is 0.822. The fraction of sp³-hybridized carbons (Fsp3) is 0.471. The quantitative estimate of drug-likeness (QED) is 0.756. The minimum absolute atomic E-state index is 0.157. The van der Waals surface area contributed by atoms with Crippen molar-refractivity contribution in [2.75, 3.05) is 5.32 Å². The molecule has 1 aromatic heterocycles. The molecule has 9 heteroatoms. The Balaban J connectivity index is 2.15. The summed E-state index contributed by atoms with van der Waals surface area (Å²) in [6.07, 6.45) is 0. The Morgan fingerprint density at radius 2 is 1.81 bits per heavy atom. The van der Waals surface area contributed by atoms with Crippen molar-refractivity contribution in [2.24, 2.45) is 5.41 Å². The molecule has 0 bridgehead atoms. The number of rotatable bonds is 5. The summed E-state index contributed by atoms with van der Waals surface area (Å²) in [4.78, 5) is 12.0. The van der Waals surface area contributed by atoms with E-state index in [1.165, 1.54) is 0 Å². The van der Waals surface area contributed by atoms with Gasteiger partial charge in [0.15, 0.2) is 0 Å². The molecule has 26 heavy (non-hydrogen) atoms. The number of nitrogens with zero attached hydrogens (tertiary/aromatic N) is 2. The normalized spacial score (nSPS) is 13.5. The van der Waals surface area contributed by atoms with Gasteiger partial charge < -0.3 is 5.32 Å². The van der Waals surface area contributed by atoms with E-state index in [1.807, 2.05) is 32.0 Å². The second-order valence-corrected chi connectivity index (χ2v) is 10.1. The topological polar surface area (TPSA) is 101 Å². The van der Waals surface area contributed by atoms with E-state index in [4.69, 9.17) is 0 Å². The van der Waals surface area contributed by atoms with Gasteiger partial charge in [0.25, 0.3) is 10.0 Å². The second kappa shape index (κ2) is 7.42. The number of benzene rings is 1. The van der Waals surface area contributed by atoms with Crippen molar-refractivity contribution in [3.63, 3.8) is 0 Å². The summed E-state index contributed by atoms with van der Waals surface area (Å²) < 4.78 is 27.5. The Kier molecular flexibility index (Phi) is 5.84. The van der Waals surface area contributed by atoms with E-state index >= 15 is 0 Å². The maximum absolute atomic E-state index is 12.5.